The summed E-state index contributed by atoms with van der Waals surface area (Å²) in [6.07, 6.45) is -4.82. The van der Waals surface area contributed by atoms with Gasteiger partial charge in [-0.1, -0.05) is 23.7 Å². The molecule has 15 heavy (non-hydrogen) atoms. The summed E-state index contributed by atoms with van der Waals surface area (Å²) in [5, 5.41) is 0.229. The SMILES string of the molecule is O=C1c2cccc(Cl)c2CC1C(F)(F)F. The number of halogens is 4. The van der Waals surface area contributed by atoms with Gasteiger partial charge in [-0.2, -0.15) is 13.2 Å². The number of fused-ring (bicyclic) bond motifs is 1. The summed E-state index contributed by atoms with van der Waals surface area (Å²) in [5.41, 5.74) is 0.413. The van der Waals surface area contributed by atoms with Crippen LogP contribution in [0.15, 0.2) is 18.2 Å². The third-order valence-corrected chi connectivity index (χ3v) is 2.86. The lowest BCUT2D eigenvalue weighted by atomic mass is 10.1. The predicted octanol–water partition coefficient (Wildman–Crippen LogP) is 3.26. The van der Waals surface area contributed by atoms with Crippen LogP contribution in [0.2, 0.25) is 5.02 Å². The Bertz CT molecular complexity index is 425. The molecule has 0 amide bonds. The van der Waals surface area contributed by atoms with Crippen LogP contribution in [0, 0.1) is 5.92 Å². The molecule has 0 fully saturated rings. The van der Waals surface area contributed by atoms with Gasteiger partial charge in [0.05, 0.1) is 0 Å². The standard InChI is InChI=1S/C10H6ClF3O/c11-8-3-1-2-5-6(8)4-7(9(5)15)10(12,13)14/h1-3,7H,4H2. The van der Waals surface area contributed by atoms with Crippen LogP contribution < -0.4 is 0 Å². The number of hydrogen-bond acceptors (Lipinski definition) is 1. The molecule has 1 aliphatic rings. The molecular formula is C10H6ClF3O. The summed E-state index contributed by atoms with van der Waals surface area (Å²) in [4.78, 5) is 11.4. The first-order valence-electron chi connectivity index (χ1n) is 4.29. The Morgan fingerprint density at radius 2 is 2.00 bits per heavy atom. The molecule has 0 heterocycles. The van der Waals surface area contributed by atoms with Crippen molar-refractivity contribution in [2.75, 3.05) is 0 Å². The van der Waals surface area contributed by atoms with E-state index >= 15 is 0 Å². The number of ketones is 1. The number of carbonyl (C=O) groups is 1. The Balaban J connectivity index is 2.46. The van der Waals surface area contributed by atoms with E-state index in [9.17, 15) is 18.0 Å². The van der Waals surface area contributed by atoms with Crippen LogP contribution in [0.5, 0.6) is 0 Å². The van der Waals surface area contributed by atoms with Gasteiger partial charge in [-0.25, -0.2) is 0 Å². The molecule has 0 saturated carbocycles. The van der Waals surface area contributed by atoms with Gasteiger partial charge in [-0.3, -0.25) is 4.79 Å². The van der Waals surface area contributed by atoms with Crippen molar-refractivity contribution < 1.29 is 18.0 Å². The third kappa shape index (κ3) is 1.63. The molecule has 0 bridgehead atoms. The van der Waals surface area contributed by atoms with Gasteiger partial charge >= 0.3 is 6.18 Å². The monoisotopic (exact) mass is 234 g/mol. The number of carbonyl (C=O) groups excluding carboxylic acids is 1. The van der Waals surface area contributed by atoms with E-state index in [-0.39, 0.29) is 17.0 Å². The molecule has 0 aromatic heterocycles. The summed E-state index contributed by atoms with van der Waals surface area (Å²) in [6, 6.07) is 4.36. The van der Waals surface area contributed by atoms with Gasteiger partial charge in [0.25, 0.3) is 0 Å². The fraction of sp³-hybridized carbons (Fsp3) is 0.300. The summed E-state index contributed by atoms with van der Waals surface area (Å²) >= 11 is 5.73. The van der Waals surface area contributed by atoms with Crippen LogP contribution in [0.4, 0.5) is 13.2 Å². The Kier molecular flexibility index (Phi) is 2.26. The highest BCUT2D eigenvalue weighted by molar-refractivity contribution is 6.32. The first kappa shape index (κ1) is 10.5. The summed E-state index contributed by atoms with van der Waals surface area (Å²) < 4.78 is 37.3. The van der Waals surface area contributed by atoms with Crippen molar-refractivity contribution in [1.29, 1.82) is 0 Å². The Labute approximate surface area is 88.8 Å². The molecular weight excluding hydrogens is 229 g/mol. The molecule has 0 N–H and O–H groups in total. The van der Waals surface area contributed by atoms with E-state index in [1.165, 1.54) is 18.2 Å². The Morgan fingerprint density at radius 3 is 2.53 bits per heavy atom. The molecule has 1 nitrogen and oxygen atoms in total. The summed E-state index contributed by atoms with van der Waals surface area (Å²) in [6.45, 7) is 0. The Hall–Kier alpha value is -1.03. The van der Waals surface area contributed by atoms with Crippen molar-refractivity contribution in [3.63, 3.8) is 0 Å². The van der Waals surface area contributed by atoms with Crippen molar-refractivity contribution >= 4 is 17.4 Å². The van der Waals surface area contributed by atoms with E-state index in [0.717, 1.165) is 0 Å². The second-order valence-corrected chi connectivity index (χ2v) is 3.84. The Morgan fingerprint density at radius 1 is 1.33 bits per heavy atom. The van der Waals surface area contributed by atoms with E-state index in [2.05, 4.69) is 0 Å². The molecule has 1 atom stereocenters. The van der Waals surface area contributed by atoms with Crippen LogP contribution in [-0.2, 0) is 6.42 Å². The van der Waals surface area contributed by atoms with Crippen LogP contribution in [-0.4, -0.2) is 12.0 Å². The number of rotatable bonds is 0. The summed E-state index contributed by atoms with van der Waals surface area (Å²) in [5.74, 6) is -2.80. The first-order valence-corrected chi connectivity index (χ1v) is 4.67. The van der Waals surface area contributed by atoms with Gasteiger partial charge in [0, 0.05) is 10.6 Å². The fourth-order valence-electron chi connectivity index (χ4n) is 1.75. The molecule has 0 radical (unpaired) electrons. The fourth-order valence-corrected chi connectivity index (χ4v) is 2.00. The molecule has 1 aliphatic carbocycles. The highest BCUT2D eigenvalue weighted by atomic mass is 35.5. The zero-order valence-corrected chi connectivity index (χ0v) is 8.19. The van der Waals surface area contributed by atoms with Crippen LogP contribution >= 0.6 is 11.6 Å². The number of benzene rings is 1. The zero-order chi connectivity index (χ0) is 11.2. The largest absolute Gasteiger partial charge is 0.399 e. The molecule has 0 spiro atoms. The van der Waals surface area contributed by atoms with Gasteiger partial charge in [0.15, 0.2) is 5.78 Å². The minimum Gasteiger partial charge on any atom is -0.293 e. The van der Waals surface area contributed by atoms with Crippen molar-refractivity contribution in [2.24, 2.45) is 5.92 Å². The molecule has 80 valence electrons. The highest BCUT2D eigenvalue weighted by Gasteiger charge is 2.49. The molecule has 2 rings (SSSR count). The first-order chi connectivity index (χ1) is 6.91. The van der Waals surface area contributed by atoms with Crippen molar-refractivity contribution in [1.82, 2.24) is 0 Å². The van der Waals surface area contributed by atoms with Crippen LogP contribution in [0.25, 0.3) is 0 Å². The quantitative estimate of drug-likeness (QED) is 0.673. The van der Waals surface area contributed by atoms with Gasteiger partial charge < -0.3 is 0 Å². The van der Waals surface area contributed by atoms with Gasteiger partial charge in [0.1, 0.15) is 5.92 Å². The molecule has 1 aromatic rings. The minimum atomic E-state index is -4.49. The zero-order valence-electron chi connectivity index (χ0n) is 7.44. The second-order valence-electron chi connectivity index (χ2n) is 3.43. The van der Waals surface area contributed by atoms with Gasteiger partial charge in [-0.05, 0) is 18.1 Å². The van der Waals surface area contributed by atoms with E-state index in [1.807, 2.05) is 0 Å². The highest BCUT2D eigenvalue weighted by Crippen LogP contribution is 2.40. The van der Waals surface area contributed by atoms with Gasteiger partial charge in [-0.15, -0.1) is 0 Å². The molecule has 1 aromatic carbocycles. The van der Waals surface area contributed by atoms with E-state index in [4.69, 9.17) is 11.6 Å². The average Bonchev–Trinajstić information content (AvgIpc) is 2.45. The van der Waals surface area contributed by atoms with Crippen molar-refractivity contribution in [2.45, 2.75) is 12.6 Å². The van der Waals surface area contributed by atoms with Crippen molar-refractivity contribution in [3.8, 4) is 0 Å². The lowest BCUT2D eigenvalue weighted by Crippen LogP contribution is -2.27. The number of alkyl halides is 3. The maximum absolute atomic E-state index is 12.4. The topological polar surface area (TPSA) is 17.1 Å². The number of hydrogen-bond donors (Lipinski definition) is 0. The molecule has 0 aliphatic heterocycles. The van der Waals surface area contributed by atoms with E-state index in [0.29, 0.717) is 5.56 Å². The lowest BCUT2D eigenvalue weighted by Gasteiger charge is -2.11. The molecule has 1 unspecified atom stereocenters. The molecule has 0 saturated heterocycles. The normalized spacial score (nSPS) is 20.5. The van der Waals surface area contributed by atoms with Crippen molar-refractivity contribution in [3.05, 3.63) is 34.3 Å². The van der Waals surface area contributed by atoms with Gasteiger partial charge in [0.2, 0.25) is 0 Å². The molecule has 5 heteroatoms. The third-order valence-electron chi connectivity index (χ3n) is 2.50. The second kappa shape index (κ2) is 3.23. The smallest absolute Gasteiger partial charge is 0.293 e. The van der Waals surface area contributed by atoms with Crippen LogP contribution in [0.1, 0.15) is 15.9 Å². The minimum absolute atomic E-state index is 0.102. The predicted molar refractivity (Wildman–Crippen MR) is 49.0 cm³/mol. The summed E-state index contributed by atoms with van der Waals surface area (Å²) in [7, 11) is 0. The lowest BCUT2D eigenvalue weighted by molar-refractivity contribution is -0.158. The van der Waals surface area contributed by atoms with E-state index < -0.39 is 17.9 Å². The number of Topliss-reactive ketones (excluding diaryl/α,β-unsaturated/α-hetero) is 1. The van der Waals surface area contributed by atoms with E-state index in [1.54, 1.807) is 0 Å². The maximum Gasteiger partial charge on any atom is 0.399 e. The maximum atomic E-state index is 12.4. The van der Waals surface area contributed by atoms with Crippen LogP contribution in [0.3, 0.4) is 0 Å². The average molecular weight is 235 g/mol.